The van der Waals surface area contributed by atoms with Crippen LogP contribution in [0, 0.1) is 5.82 Å². The molecule has 1 aromatic heterocycles. The SMILES string of the molecule is O=C(Cc1ccccc1Cl)c1c[nH]c2ccc(F)cc12. The van der Waals surface area contributed by atoms with Gasteiger partial charge in [0.15, 0.2) is 5.78 Å². The van der Waals surface area contributed by atoms with Crippen LogP contribution in [0.4, 0.5) is 4.39 Å². The van der Waals surface area contributed by atoms with Crippen molar-refractivity contribution in [1.29, 1.82) is 0 Å². The number of aromatic amines is 1. The van der Waals surface area contributed by atoms with Crippen molar-refractivity contribution in [3.05, 3.63) is 70.6 Å². The summed E-state index contributed by atoms with van der Waals surface area (Å²) in [7, 11) is 0. The van der Waals surface area contributed by atoms with E-state index >= 15 is 0 Å². The molecular weight excluding hydrogens is 277 g/mol. The Balaban J connectivity index is 1.97. The fourth-order valence-corrected chi connectivity index (χ4v) is 2.44. The average molecular weight is 288 g/mol. The van der Waals surface area contributed by atoms with Gasteiger partial charge in [-0.15, -0.1) is 0 Å². The quantitative estimate of drug-likeness (QED) is 0.712. The molecule has 0 atom stereocenters. The number of hydrogen-bond donors (Lipinski definition) is 1. The average Bonchev–Trinajstić information content (AvgIpc) is 2.84. The zero-order chi connectivity index (χ0) is 14.1. The largest absolute Gasteiger partial charge is 0.360 e. The standard InChI is InChI=1S/C16H11ClFNO/c17-14-4-2-1-3-10(14)7-16(20)13-9-19-15-6-5-11(18)8-12(13)15/h1-6,8-9,19H,7H2. The maximum atomic E-state index is 13.3. The number of Topliss-reactive ketones (excluding diaryl/α,β-unsaturated/α-hetero) is 1. The molecule has 1 heterocycles. The van der Waals surface area contributed by atoms with Crippen molar-refractivity contribution in [2.75, 3.05) is 0 Å². The first kappa shape index (κ1) is 12.9. The molecule has 0 amide bonds. The third kappa shape index (κ3) is 2.32. The summed E-state index contributed by atoms with van der Waals surface area (Å²) in [6.45, 7) is 0. The van der Waals surface area contributed by atoms with E-state index in [9.17, 15) is 9.18 Å². The first-order valence-electron chi connectivity index (χ1n) is 6.18. The van der Waals surface area contributed by atoms with Crippen LogP contribution in [0.3, 0.4) is 0 Å². The molecule has 1 N–H and O–H groups in total. The first-order valence-corrected chi connectivity index (χ1v) is 6.56. The topological polar surface area (TPSA) is 32.9 Å². The lowest BCUT2D eigenvalue weighted by Crippen LogP contribution is -2.03. The second-order valence-electron chi connectivity index (χ2n) is 4.58. The summed E-state index contributed by atoms with van der Waals surface area (Å²) in [5.41, 5.74) is 2.00. The number of benzene rings is 2. The summed E-state index contributed by atoms with van der Waals surface area (Å²) in [6, 6.07) is 11.6. The molecule has 0 saturated heterocycles. The molecule has 3 rings (SSSR count). The molecule has 2 nitrogen and oxygen atoms in total. The van der Waals surface area contributed by atoms with E-state index in [1.165, 1.54) is 12.1 Å². The van der Waals surface area contributed by atoms with Gasteiger partial charge in [0.2, 0.25) is 0 Å². The summed E-state index contributed by atoms with van der Waals surface area (Å²) < 4.78 is 13.3. The zero-order valence-electron chi connectivity index (χ0n) is 10.5. The van der Waals surface area contributed by atoms with Gasteiger partial charge in [-0.2, -0.15) is 0 Å². The molecule has 0 spiro atoms. The van der Waals surface area contributed by atoms with Crippen LogP contribution in [0.25, 0.3) is 10.9 Å². The van der Waals surface area contributed by atoms with Crippen molar-refractivity contribution in [2.24, 2.45) is 0 Å². The number of fused-ring (bicyclic) bond motifs is 1. The maximum absolute atomic E-state index is 13.3. The van der Waals surface area contributed by atoms with Crippen molar-refractivity contribution in [3.8, 4) is 0 Å². The molecule has 3 aromatic rings. The minimum absolute atomic E-state index is 0.0880. The van der Waals surface area contributed by atoms with Gasteiger partial charge in [0.05, 0.1) is 0 Å². The van der Waals surface area contributed by atoms with Crippen LogP contribution in [0.5, 0.6) is 0 Å². The number of carbonyl (C=O) groups excluding carboxylic acids is 1. The highest BCUT2D eigenvalue weighted by Crippen LogP contribution is 2.23. The fraction of sp³-hybridized carbons (Fsp3) is 0.0625. The van der Waals surface area contributed by atoms with Gasteiger partial charge in [0.1, 0.15) is 5.82 Å². The van der Waals surface area contributed by atoms with Gasteiger partial charge in [0, 0.05) is 34.1 Å². The van der Waals surface area contributed by atoms with Crippen molar-refractivity contribution in [1.82, 2.24) is 4.98 Å². The second kappa shape index (κ2) is 5.10. The molecule has 0 radical (unpaired) electrons. The number of hydrogen-bond acceptors (Lipinski definition) is 1. The van der Waals surface area contributed by atoms with Gasteiger partial charge in [-0.25, -0.2) is 4.39 Å². The highest BCUT2D eigenvalue weighted by Gasteiger charge is 2.14. The van der Waals surface area contributed by atoms with Gasteiger partial charge in [-0.3, -0.25) is 4.79 Å². The molecule has 20 heavy (non-hydrogen) atoms. The highest BCUT2D eigenvalue weighted by molar-refractivity contribution is 6.31. The number of ketones is 1. The molecule has 100 valence electrons. The predicted octanol–water partition coefficient (Wildman–Crippen LogP) is 4.39. The van der Waals surface area contributed by atoms with E-state index in [1.54, 1.807) is 18.3 Å². The summed E-state index contributed by atoms with van der Waals surface area (Å²) in [5, 5.41) is 1.16. The molecule has 0 unspecified atom stereocenters. The third-order valence-corrected chi connectivity index (χ3v) is 3.62. The minimum Gasteiger partial charge on any atom is -0.360 e. The fourth-order valence-electron chi connectivity index (χ4n) is 2.23. The maximum Gasteiger partial charge on any atom is 0.169 e. The number of rotatable bonds is 3. The van der Waals surface area contributed by atoms with E-state index in [1.807, 2.05) is 18.2 Å². The lowest BCUT2D eigenvalue weighted by atomic mass is 10.0. The molecule has 0 fully saturated rings. The normalized spacial score (nSPS) is 10.9. The van der Waals surface area contributed by atoms with Crippen LogP contribution in [0.15, 0.2) is 48.7 Å². The molecule has 0 aliphatic carbocycles. The lowest BCUT2D eigenvalue weighted by Gasteiger charge is -2.03. The van der Waals surface area contributed by atoms with Gasteiger partial charge in [-0.05, 0) is 29.8 Å². The molecule has 4 heteroatoms. The van der Waals surface area contributed by atoms with Gasteiger partial charge in [-0.1, -0.05) is 29.8 Å². The van der Waals surface area contributed by atoms with Crippen LogP contribution < -0.4 is 0 Å². The van der Waals surface area contributed by atoms with Crippen molar-refractivity contribution in [2.45, 2.75) is 6.42 Å². The molecule has 0 saturated carbocycles. The van der Waals surface area contributed by atoms with E-state index in [4.69, 9.17) is 11.6 Å². The molecule has 0 bridgehead atoms. The van der Waals surface area contributed by atoms with Crippen LogP contribution in [-0.2, 0) is 6.42 Å². The highest BCUT2D eigenvalue weighted by atomic mass is 35.5. The number of aromatic nitrogens is 1. The monoisotopic (exact) mass is 287 g/mol. The zero-order valence-corrected chi connectivity index (χ0v) is 11.2. The number of halogens is 2. The van der Waals surface area contributed by atoms with E-state index in [2.05, 4.69) is 4.98 Å². The van der Waals surface area contributed by atoms with E-state index in [0.29, 0.717) is 16.0 Å². The molecule has 0 aliphatic rings. The van der Waals surface area contributed by atoms with E-state index in [-0.39, 0.29) is 18.0 Å². The Morgan fingerprint density at radius 1 is 1.20 bits per heavy atom. The van der Waals surface area contributed by atoms with Crippen LogP contribution in [0.2, 0.25) is 5.02 Å². The van der Waals surface area contributed by atoms with Crippen molar-refractivity contribution < 1.29 is 9.18 Å². The van der Waals surface area contributed by atoms with Gasteiger partial charge >= 0.3 is 0 Å². The van der Waals surface area contributed by atoms with Crippen LogP contribution in [-0.4, -0.2) is 10.8 Å². The predicted molar refractivity (Wildman–Crippen MR) is 77.7 cm³/mol. The minimum atomic E-state index is -0.358. The summed E-state index contributed by atoms with van der Waals surface area (Å²) >= 11 is 6.05. The van der Waals surface area contributed by atoms with Gasteiger partial charge in [0.25, 0.3) is 0 Å². The Hall–Kier alpha value is -2.13. The lowest BCUT2D eigenvalue weighted by molar-refractivity contribution is 0.0994. The summed E-state index contributed by atoms with van der Waals surface area (Å²) in [6.07, 6.45) is 1.81. The Kier molecular flexibility index (Phi) is 3.28. The second-order valence-corrected chi connectivity index (χ2v) is 4.99. The molecule has 2 aromatic carbocycles. The van der Waals surface area contributed by atoms with Gasteiger partial charge < -0.3 is 4.98 Å². The Labute approximate surface area is 120 Å². The van der Waals surface area contributed by atoms with Crippen molar-refractivity contribution >= 4 is 28.3 Å². The summed E-state index contributed by atoms with van der Waals surface area (Å²) in [4.78, 5) is 15.3. The molecular formula is C16H11ClFNO. The van der Waals surface area contributed by atoms with Crippen LogP contribution in [0.1, 0.15) is 15.9 Å². The Morgan fingerprint density at radius 3 is 2.80 bits per heavy atom. The Morgan fingerprint density at radius 2 is 2.00 bits per heavy atom. The van der Waals surface area contributed by atoms with E-state index in [0.717, 1.165) is 11.1 Å². The number of H-pyrrole nitrogens is 1. The van der Waals surface area contributed by atoms with E-state index < -0.39 is 0 Å². The Bertz CT molecular complexity index is 794. The third-order valence-electron chi connectivity index (χ3n) is 3.25. The van der Waals surface area contributed by atoms with Crippen LogP contribution >= 0.6 is 11.6 Å². The number of carbonyl (C=O) groups is 1. The summed E-state index contributed by atoms with van der Waals surface area (Å²) in [5.74, 6) is -0.446. The smallest absolute Gasteiger partial charge is 0.169 e. The number of nitrogens with one attached hydrogen (secondary N) is 1. The molecule has 0 aliphatic heterocycles. The first-order chi connectivity index (χ1) is 9.65. The van der Waals surface area contributed by atoms with Crippen molar-refractivity contribution in [3.63, 3.8) is 0 Å².